The van der Waals surface area contributed by atoms with Crippen molar-refractivity contribution in [2.24, 2.45) is 17.3 Å². The van der Waals surface area contributed by atoms with Crippen LogP contribution in [0.2, 0.25) is 0 Å². The zero-order valence-corrected chi connectivity index (χ0v) is 13.5. The van der Waals surface area contributed by atoms with Crippen LogP contribution in [0.5, 0.6) is 5.75 Å². The SMILES string of the molecule is COc1cc2c(cc1N)CCC1C2CC[C@]2(C)C(=O)CCC12. The molecule has 4 rings (SSSR count). The number of methoxy groups -OCH3 is 1. The highest BCUT2D eigenvalue weighted by molar-refractivity contribution is 5.87. The molecule has 22 heavy (non-hydrogen) atoms. The van der Waals surface area contributed by atoms with E-state index < -0.39 is 0 Å². The fourth-order valence-electron chi connectivity index (χ4n) is 5.57. The molecule has 2 fully saturated rings. The van der Waals surface area contributed by atoms with Gasteiger partial charge < -0.3 is 10.5 Å². The lowest BCUT2D eigenvalue weighted by molar-refractivity contribution is -0.129. The van der Waals surface area contributed by atoms with Crippen LogP contribution in [-0.2, 0) is 11.2 Å². The summed E-state index contributed by atoms with van der Waals surface area (Å²) in [5.74, 6) is 3.13. The Morgan fingerprint density at radius 1 is 1.23 bits per heavy atom. The minimum absolute atomic E-state index is 0.0451. The van der Waals surface area contributed by atoms with Gasteiger partial charge in [-0.25, -0.2) is 0 Å². The Morgan fingerprint density at radius 3 is 2.82 bits per heavy atom. The minimum atomic E-state index is -0.0451. The highest BCUT2D eigenvalue weighted by Crippen LogP contribution is 2.59. The Balaban J connectivity index is 1.74. The maximum atomic E-state index is 12.4. The molecule has 3 unspecified atom stereocenters. The van der Waals surface area contributed by atoms with Crippen molar-refractivity contribution in [1.29, 1.82) is 0 Å². The fourth-order valence-corrected chi connectivity index (χ4v) is 5.57. The summed E-state index contributed by atoms with van der Waals surface area (Å²) in [6.07, 6.45) is 6.36. The molecule has 3 aliphatic rings. The molecular formula is C19H25NO2. The van der Waals surface area contributed by atoms with E-state index in [2.05, 4.69) is 19.1 Å². The highest BCUT2D eigenvalue weighted by Gasteiger charge is 2.54. The molecule has 3 heteroatoms. The molecule has 3 aliphatic carbocycles. The Morgan fingerprint density at radius 2 is 2.05 bits per heavy atom. The van der Waals surface area contributed by atoms with E-state index in [-0.39, 0.29) is 5.41 Å². The van der Waals surface area contributed by atoms with Gasteiger partial charge in [0.15, 0.2) is 0 Å². The molecule has 0 radical (unpaired) electrons. The lowest BCUT2D eigenvalue weighted by Gasteiger charge is -2.48. The van der Waals surface area contributed by atoms with Crippen LogP contribution < -0.4 is 10.5 Å². The van der Waals surface area contributed by atoms with Crippen LogP contribution in [0.1, 0.15) is 56.1 Å². The van der Waals surface area contributed by atoms with E-state index in [9.17, 15) is 4.79 Å². The van der Waals surface area contributed by atoms with Crippen LogP contribution in [0.25, 0.3) is 0 Å². The van der Waals surface area contributed by atoms with E-state index in [0.29, 0.717) is 23.5 Å². The van der Waals surface area contributed by atoms with Gasteiger partial charge in [0.05, 0.1) is 12.8 Å². The second kappa shape index (κ2) is 4.74. The standard InChI is InChI=1S/C19H25NO2/c1-19-8-7-12-13(15(19)5-6-18(19)21)4-3-11-9-16(20)17(22-2)10-14(11)12/h9-10,12-13,15H,3-8,20H2,1-2H3/t12?,13?,15?,19-/m0/s1. The maximum absolute atomic E-state index is 12.4. The zero-order valence-electron chi connectivity index (χ0n) is 13.5. The molecule has 0 aromatic heterocycles. The van der Waals surface area contributed by atoms with Crippen molar-refractivity contribution >= 4 is 11.5 Å². The third-order valence-electron chi connectivity index (χ3n) is 6.78. The van der Waals surface area contributed by atoms with E-state index in [0.717, 1.165) is 43.5 Å². The van der Waals surface area contributed by atoms with Crippen molar-refractivity contribution in [3.63, 3.8) is 0 Å². The van der Waals surface area contributed by atoms with Gasteiger partial charge in [0.2, 0.25) is 0 Å². The number of benzene rings is 1. The Kier molecular flexibility index (Phi) is 3.04. The molecule has 118 valence electrons. The molecule has 2 N–H and O–H groups in total. The van der Waals surface area contributed by atoms with Crippen LogP contribution in [0.15, 0.2) is 12.1 Å². The molecule has 0 heterocycles. The number of carbonyl (C=O) groups is 1. The summed E-state index contributed by atoms with van der Waals surface area (Å²) in [7, 11) is 1.69. The van der Waals surface area contributed by atoms with Gasteiger partial charge in [-0.3, -0.25) is 4.79 Å². The molecule has 0 bridgehead atoms. The number of carbonyl (C=O) groups excluding carboxylic acids is 1. The summed E-state index contributed by atoms with van der Waals surface area (Å²) in [4.78, 5) is 12.4. The quantitative estimate of drug-likeness (QED) is 0.804. The topological polar surface area (TPSA) is 52.3 Å². The second-order valence-corrected chi connectivity index (χ2v) is 7.63. The van der Waals surface area contributed by atoms with Gasteiger partial charge in [0.25, 0.3) is 0 Å². The number of Topliss-reactive ketones (excluding diaryl/α,β-unsaturated/α-hetero) is 1. The van der Waals surface area contributed by atoms with Gasteiger partial charge in [-0.05, 0) is 73.1 Å². The minimum Gasteiger partial charge on any atom is -0.495 e. The predicted molar refractivity (Wildman–Crippen MR) is 87.0 cm³/mol. The van der Waals surface area contributed by atoms with Crippen molar-refractivity contribution in [3.8, 4) is 5.75 Å². The molecule has 0 aliphatic heterocycles. The van der Waals surface area contributed by atoms with Crippen LogP contribution in [-0.4, -0.2) is 12.9 Å². The van der Waals surface area contributed by atoms with Gasteiger partial charge in [-0.1, -0.05) is 6.92 Å². The van der Waals surface area contributed by atoms with Crippen molar-refractivity contribution in [2.75, 3.05) is 12.8 Å². The Labute approximate surface area is 132 Å². The molecule has 0 saturated heterocycles. The monoisotopic (exact) mass is 299 g/mol. The Hall–Kier alpha value is -1.51. The summed E-state index contributed by atoms with van der Waals surface area (Å²) in [6, 6.07) is 4.28. The smallest absolute Gasteiger partial charge is 0.142 e. The summed E-state index contributed by atoms with van der Waals surface area (Å²) >= 11 is 0. The van der Waals surface area contributed by atoms with Crippen molar-refractivity contribution < 1.29 is 9.53 Å². The largest absolute Gasteiger partial charge is 0.495 e. The lowest BCUT2D eigenvalue weighted by atomic mass is 9.55. The highest BCUT2D eigenvalue weighted by atomic mass is 16.5. The fraction of sp³-hybridized carbons (Fsp3) is 0.632. The third-order valence-corrected chi connectivity index (χ3v) is 6.78. The van der Waals surface area contributed by atoms with Crippen LogP contribution in [0, 0.1) is 17.3 Å². The number of hydrogen-bond donors (Lipinski definition) is 1. The van der Waals surface area contributed by atoms with Crippen molar-refractivity contribution in [2.45, 2.75) is 51.4 Å². The molecular weight excluding hydrogens is 274 g/mol. The van der Waals surface area contributed by atoms with E-state index >= 15 is 0 Å². The number of ether oxygens (including phenoxy) is 1. The second-order valence-electron chi connectivity index (χ2n) is 7.63. The van der Waals surface area contributed by atoms with E-state index in [1.807, 2.05) is 0 Å². The molecule has 0 spiro atoms. The average Bonchev–Trinajstić information content (AvgIpc) is 2.82. The van der Waals surface area contributed by atoms with Crippen LogP contribution in [0.4, 0.5) is 5.69 Å². The molecule has 3 nitrogen and oxygen atoms in total. The Bertz CT molecular complexity index is 639. The summed E-state index contributed by atoms with van der Waals surface area (Å²) in [5, 5.41) is 0. The number of hydrogen-bond acceptors (Lipinski definition) is 3. The van der Waals surface area contributed by atoms with Crippen LogP contribution >= 0.6 is 0 Å². The lowest BCUT2D eigenvalue weighted by Crippen LogP contribution is -2.42. The first-order valence-electron chi connectivity index (χ1n) is 8.54. The predicted octanol–water partition coefficient (Wildman–Crippen LogP) is 3.70. The number of aryl methyl sites for hydroxylation is 1. The number of rotatable bonds is 1. The first-order chi connectivity index (χ1) is 10.5. The average molecular weight is 299 g/mol. The van der Waals surface area contributed by atoms with Gasteiger partial charge in [0.1, 0.15) is 11.5 Å². The van der Waals surface area contributed by atoms with Gasteiger partial charge in [-0.2, -0.15) is 0 Å². The number of nitrogens with two attached hydrogens (primary N) is 1. The molecule has 0 amide bonds. The summed E-state index contributed by atoms with van der Waals surface area (Å²) in [6.45, 7) is 2.22. The third kappa shape index (κ3) is 1.77. The number of nitrogen functional groups attached to an aromatic ring is 1. The molecule has 4 atom stereocenters. The summed E-state index contributed by atoms with van der Waals surface area (Å²) < 4.78 is 5.44. The number of ketones is 1. The van der Waals surface area contributed by atoms with Gasteiger partial charge >= 0.3 is 0 Å². The number of fused-ring (bicyclic) bond motifs is 5. The summed E-state index contributed by atoms with van der Waals surface area (Å²) in [5.41, 5.74) is 9.61. The number of anilines is 1. The van der Waals surface area contributed by atoms with Crippen LogP contribution in [0.3, 0.4) is 0 Å². The van der Waals surface area contributed by atoms with E-state index in [1.54, 1.807) is 7.11 Å². The van der Waals surface area contributed by atoms with Crippen molar-refractivity contribution in [1.82, 2.24) is 0 Å². The normalized spacial score (nSPS) is 36.5. The molecule has 1 aromatic rings. The van der Waals surface area contributed by atoms with E-state index in [4.69, 9.17) is 10.5 Å². The van der Waals surface area contributed by atoms with Crippen molar-refractivity contribution in [3.05, 3.63) is 23.3 Å². The molecule has 2 saturated carbocycles. The van der Waals surface area contributed by atoms with Gasteiger partial charge in [0, 0.05) is 11.8 Å². The zero-order chi connectivity index (χ0) is 15.5. The first kappa shape index (κ1) is 14.1. The van der Waals surface area contributed by atoms with Gasteiger partial charge in [-0.15, -0.1) is 0 Å². The maximum Gasteiger partial charge on any atom is 0.142 e. The van der Waals surface area contributed by atoms with E-state index in [1.165, 1.54) is 17.5 Å². The molecule has 1 aromatic carbocycles. The first-order valence-corrected chi connectivity index (χ1v) is 8.54.